The van der Waals surface area contributed by atoms with E-state index in [0.29, 0.717) is 42.8 Å². The zero-order valence-corrected chi connectivity index (χ0v) is 21.0. The van der Waals surface area contributed by atoms with Crippen LogP contribution in [0.25, 0.3) is 6.08 Å². The van der Waals surface area contributed by atoms with Crippen LogP contribution >= 0.6 is 57.6 Å². The molecule has 1 aliphatic heterocycles. The zero-order chi connectivity index (χ0) is 23.4. The van der Waals surface area contributed by atoms with Gasteiger partial charge in [-0.15, -0.1) is 0 Å². The predicted molar refractivity (Wildman–Crippen MR) is 131 cm³/mol. The third-order valence-corrected chi connectivity index (χ3v) is 6.62. The van der Waals surface area contributed by atoms with E-state index in [1.807, 2.05) is 22.6 Å². The van der Waals surface area contributed by atoms with Gasteiger partial charge >= 0.3 is 5.97 Å². The smallest absolute Gasteiger partial charge is 0.341 e. The van der Waals surface area contributed by atoms with Crippen LogP contribution in [0.15, 0.2) is 35.2 Å². The molecule has 1 fully saturated rings. The van der Waals surface area contributed by atoms with Crippen molar-refractivity contribution in [1.82, 2.24) is 4.90 Å². The SMILES string of the molecule is CCOc1cc(/C=C2\SC(=O)N(Cc3ccc(Cl)c(Cl)c3)C2=O)cc(I)c1OCC(=O)O. The molecular formula is C21H16Cl2INO6S. The molecule has 0 radical (unpaired) electrons. The highest BCUT2D eigenvalue weighted by Crippen LogP contribution is 2.38. The molecule has 0 aromatic heterocycles. The Bertz CT molecular complexity index is 1120. The second-order valence-electron chi connectivity index (χ2n) is 6.46. The fraction of sp³-hybridized carbons (Fsp3) is 0.190. The number of thioether (sulfide) groups is 1. The van der Waals surface area contributed by atoms with Gasteiger partial charge in [0.25, 0.3) is 11.1 Å². The van der Waals surface area contributed by atoms with Gasteiger partial charge in [-0.2, -0.15) is 0 Å². The molecule has 0 spiro atoms. The van der Waals surface area contributed by atoms with Gasteiger partial charge in [-0.25, -0.2) is 4.79 Å². The standard InChI is InChI=1S/C21H16Cl2INO6S/c1-2-30-16-7-12(6-15(24)19(16)31-10-18(26)27)8-17-20(28)25(21(29)32-17)9-11-3-4-13(22)14(23)5-11/h3-8H,2,9-10H2,1H3,(H,26,27)/b17-8-. The van der Waals surface area contributed by atoms with Gasteiger partial charge in [0.15, 0.2) is 18.1 Å². The van der Waals surface area contributed by atoms with Crippen LogP contribution in [0.2, 0.25) is 10.0 Å². The summed E-state index contributed by atoms with van der Waals surface area (Å²) in [5, 5.41) is 9.21. The van der Waals surface area contributed by atoms with E-state index >= 15 is 0 Å². The van der Waals surface area contributed by atoms with Crippen molar-refractivity contribution in [2.75, 3.05) is 13.2 Å². The molecule has 168 valence electrons. The lowest BCUT2D eigenvalue weighted by Gasteiger charge is -2.14. The Morgan fingerprint density at radius 2 is 1.94 bits per heavy atom. The average Bonchev–Trinajstić information content (AvgIpc) is 2.97. The molecule has 11 heteroatoms. The van der Waals surface area contributed by atoms with Crippen LogP contribution in [0.1, 0.15) is 18.1 Å². The Morgan fingerprint density at radius 1 is 1.19 bits per heavy atom. The first kappa shape index (κ1) is 24.7. The molecule has 2 aromatic carbocycles. The van der Waals surface area contributed by atoms with Gasteiger partial charge < -0.3 is 14.6 Å². The number of rotatable bonds is 8. The summed E-state index contributed by atoms with van der Waals surface area (Å²) in [4.78, 5) is 37.5. The number of imide groups is 1. The molecular weight excluding hydrogens is 592 g/mol. The second kappa shape index (κ2) is 10.8. The molecule has 1 N–H and O–H groups in total. The number of benzene rings is 2. The molecule has 3 rings (SSSR count). The molecule has 0 aliphatic carbocycles. The Hall–Kier alpha value is -1.95. The van der Waals surface area contributed by atoms with Gasteiger partial charge in [0.1, 0.15) is 0 Å². The molecule has 0 unspecified atom stereocenters. The summed E-state index contributed by atoms with van der Waals surface area (Å²) in [6.07, 6.45) is 1.59. The molecule has 0 saturated carbocycles. The number of halogens is 3. The summed E-state index contributed by atoms with van der Waals surface area (Å²) in [5.41, 5.74) is 1.29. The van der Waals surface area contributed by atoms with E-state index in [1.165, 1.54) is 0 Å². The van der Waals surface area contributed by atoms with Crippen LogP contribution in [0.4, 0.5) is 4.79 Å². The Morgan fingerprint density at radius 3 is 2.59 bits per heavy atom. The predicted octanol–water partition coefficient (Wildman–Crippen LogP) is 5.70. The third-order valence-electron chi connectivity index (χ3n) is 4.17. The molecule has 1 saturated heterocycles. The molecule has 2 amide bonds. The Balaban J connectivity index is 1.85. The molecule has 0 atom stereocenters. The number of carboxylic acids is 1. The van der Waals surface area contributed by atoms with E-state index in [0.717, 1.165) is 16.7 Å². The molecule has 32 heavy (non-hydrogen) atoms. The highest BCUT2D eigenvalue weighted by Gasteiger charge is 2.35. The highest BCUT2D eigenvalue weighted by atomic mass is 127. The number of carboxylic acid groups (broad SMARTS) is 1. The minimum atomic E-state index is -1.11. The number of ether oxygens (including phenoxy) is 2. The van der Waals surface area contributed by atoms with Gasteiger partial charge in [-0.1, -0.05) is 29.3 Å². The number of amides is 2. The highest BCUT2D eigenvalue weighted by molar-refractivity contribution is 14.1. The monoisotopic (exact) mass is 607 g/mol. The van der Waals surface area contributed by atoms with Crippen molar-refractivity contribution in [2.24, 2.45) is 0 Å². The lowest BCUT2D eigenvalue weighted by atomic mass is 10.1. The number of nitrogens with zero attached hydrogens (tertiary/aromatic N) is 1. The van der Waals surface area contributed by atoms with Crippen molar-refractivity contribution in [3.63, 3.8) is 0 Å². The molecule has 2 aromatic rings. The van der Waals surface area contributed by atoms with E-state index in [2.05, 4.69) is 0 Å². The Kier molecular flexibility index (Phi) is 8.32. The quantitative estimate of drug-likeness (QED) is 0.304. The maximum atomic E-state index is 12.9. The van der Waals surface area contributed by atoms with Gasteiger partial charge in [-0.05, 0) is 82.7 Å². The van der Waals surface area contributed by atoms with Crippen LogP contribution < -0.4 is 9.47 Å². The van der Waals surface area contributed by atoms with Crippen LogP contribution in [-0.4, -0.2) is 40.3 Å². The third kappa shape index (κ3) is 5.89. The first-order valence-corrected chi connectivity index (χ1v) is 11.8. The molecule has 0 bridgehead atoms. The van der Waals surface area contributed by atoms with Crippen molar-refractivity contribution < 1.29 is 29.0 Å². The first-order valence-electron chi connectivity index (χ1n) is 9.19. The van der Waals surface area contributed by atoms with Gasteiger partial charge in [-0.3, -0.25) is 14.5 Å². The molecule has 1 heterocycles. The normalized spacial score (nSPS) is 14.9. The number of carbonyl (C=O) groups excluding carboxylic acids is 2. The van der Waals surface area contributed by atoms with Crippen LogP contribution in [0.3, 0.4) is 0 Å². The summed E-state index contributed by atoms with van der Waals surface area (Å²) in [5.74, 6) is -0.880. The van der Waals surface area contributed by atoms with E-state index < -0.39 is 23.7 Å². The first-order chi connectivity index (χ1) is 15.2. The summed E-state index contributed by atoms with van der Waals surface area (Å²) < 4.78 is 11.5. The van der Waals surface area contributed by atoms with Crippen LogP contribution in [0, 0.1) is 3.57 Å². The largest absolute Gasteiger partial charge is 0.490 e. The topological polar surface area (TPSA) is 93.1 Å². The van der Waals surface area contributed by atoms with E-state index in [9.17, 15) is 14.4 Å². The second-order valence-corrected chi connectivity index (χ2v) is 9.43. The fourth-order valence-corrected chi connectivity index (χ4v) is 4.76. The van der Waals surface area contributed by atoms with Gasteiger partial charge in [0, 0.05) is 0 Å². The number of aliphatic carboxylic acids is 1. The van der Waals surface area contributed by atoms with E-state index in [1.54, 1.807) is 43.3 Å². The van der Waals surface area contributed by atoms with Crippen molar-refractivity contribution >= 4 is 80.7 Å². The van der Waals surface area contributed by atoms with Crippen molar-refractivity contribution in [3.8, 4) is 11.5 Å². The number of hydrogen-bond acceptors (Lipinski definition) is 6. The van der Waals surface area contributed by atoms with Crippen molar-refractivity contribution in [2.45, 2.75) is 13.5 Å². The number of carbonyl (C=O) groups is 3. The Labute approximate surface area is 211 Å². The number of hydrogen-bond donors (Lipinski definition) is 1. The lowest BCUT2D eigenvalue weighted by molar-refractivity contribution is -0.139. The lowest BCUT2D eigenvalue weighted by Crippen LogP contribution is -2.27. The van der Waals surface area contributed by atoms with Crippen molar-refractivity contribution in [1.29, 1.82) is 0 Å². The minimum Gasteiger partial charge on any atom is -0.490 e. The maximum absolute atomic E-state index is 12.9. The summed E-state index contributed by atoms with van der Waals surface area (Å²) in [6.45, 7) is 1.68. The van der Waals surface area contributed by atoms with Crippen LogP contribution in [0.5, 0.6) is 11.5 Å². The average molecular weight is 608 g/mol. The fourth-order valence-electron chi connectivity index (χ4n) is 2.82. The molecule has 1 aliphatic rings. The summed E-state index contributed by atoms with van der Waals surface area (Å²) in [6, 6.07) is 8.28. The van der Waals surface area contributed by atoms with Crippen molar-refractivity contribution in [3.05, 3.63) is 60.0 Å². The summed E-state index contributed by atoms with van der Waals surface area (Å²) >= 11 is 14.8. The van der Waals surface area contributed by atoms with Crippen LogP contribution in [-0.2, 0) is 16.1 Å². The molecule has 7 nitrogen and oxygen atoms in total. The maximum Gasteiger partial charge on any atom is 0.341 e. The van der Waals surface area contributed by atoms with Gasteiger partial charge in [0.05, 0.1) is 31.7 Å². The zero-order valence-electron chi connectivity index (χ0n) is 16.6. The van der Waals surface area contributed by atoms with Gasteiger partial charge in [0.2, 0.25) is 0 Å². The van der Waals surface area contributed by atoms with E-state index in [-0.39, 0.29) is 11.4 Å². The van der Waals surface area contributed by atoms with E-state index in [4.69, 9.17) is 37.8 Å². The minimum absolute atomic E-state index is 0.0720. The summed E-state index contributed by atoms with van der Waals surface area (Å²) in [7, 11) is 0.